The van der Waals surface area contributed by atoms with Crippen LogP contribution in [0.1, 0.15) is 33.6 Å². The van der Waals surface area contributed by atoms with Crippen LogP contribution in [-0.2, 0) is 14.3 Å². The predicted octanol–water partition coefficient (Wildman–Crippen LogP) is 0.897. The molecule has 0 aromatic rings. The van der Waals surface area contributed by atoms with Gasteiger partial charge in [-0.1, -0.05) is 0 Å². The summed E-state index contributed by atoms with van der Waals surface area (Å²) < 4.78 is 5.22. The van der Waals surface area contributed by atoms with Crippen molar-refractivity contribution < 1.29 is 14.3 Å². The molecule has 0 amide bonds. The number of hydrogen-bond donors (Lipinski definition) is 1. The number of nitrogens with one attached hydrogen (secondary N) is 1. The SMILES string of the molecule is CC(C)(C)OC(=O)C1CCCNCC1=O. The highest BCUT2D eigenvalue weighted by Crippen LogP contribution is 2.17. The van der Waals surface area contributed by atoms with Gasteiger partial charge in [-0.3, -0.25) is 9.59 Å². The molecule has 0 bridgehead atoms. The molecule has 4 nitrogen and oxygen atoms in total. The second-order valence-corrected chi connectivity index (χ2v) is 4.87. The first-order chi connectivity index (χ1) is 6.90. The van der Waals surface area contributed by atoms with Crippen molar-refractivity contribution in [3.63, 3.8) is 0 Å². The van der Waals surface area contributed by atoms with Crippen LogP contribution in [0.2, 0.25) is 0 Å². The van der Waals surface area contributed by atoms with Crippen LogP contribution in [0.5, 0.6) is 0 Å². The molecular formula is C11H19NO3. The Morgan fingerprint density at radius 2 is 2.13 bits per heavy atom. The third kappa shape index (κ3) is 4.00. The second-order valence-electron chi connectivity index (χ2n) is 4.87. The summed E-state index contributed by atoms with van der Waals surface area (Å²) in [6, 6.07) is 0. The average Bonchev–Trinajstić information content (AvgIpc) is 2.26. The van der Waals surface area contributed by atoms with E-state index in [1.165, 1.54) is 0 Å². The van der Waals surface area contributed by atoms with Gasteiger partial charge in [0, 0.05) is 0 Å². The molecule has 0 spiro atoms. The molecule has 0 aliphatic carbocycles. The molecule has 1 heterocycles. The van der Waals surface area contributed by atoms with E-state index in [1.807, 2.05) is 20.8 Å². The van der Waals surface area contributed by atoms with Gasteiger partial charge in [-0.15, -0.1) is 0 Å². The van der Waals surface area contributed by atoms with Gasteiger partial charge in [-0.25, -0.2) is 0 Å². The Bertz CT molecular complexity index is 255. The second kappa shape index (κ2) is 4.75. The van der Waals surface area contributed by atoms with E-state index in [-0.39, 0.29) is 18.3 Å². The smallest absolute Gasteiger partial charge is 0.317 e. The standard InChI is InChI=1S/C11H19NO3/c1-11(2,3)15-10(14)8-5-4-6-12-7-9(8)13/h8,12H,4-7H2,1-3H3. The van der Waals surface area contributed by atoms with Gasteiger partial charge in [-0.2, -0.15) is 0 Å². The number of ketones is 1. The molecule has 1 atom stereocenters. The predicted molar refractivity (Wildman–Crippen MR) is 56.4 cm³/mol. The number of carbonyl (C=O) groups excluding carboxylic acids is 2. The molecule has 1 rings (SSSR count). The lowest BCUT2D eigenvalue weighted by Gasteiger charge is -2.22. The number of ether oxygens (including phenoxy) is 1. The molecule has 1 aliphatic rings. The van der Waals surface area contributed by atoms with Crippen molar-refractivity contribution in [1.29, 1.82) is 0 Å². The van der Waals surface area contributed by atoms with Crippen molar-refractivity contribution in [3.8, 4) is 0 Å². The van der Waals surface area contributed by atoms with E-state index < -0.39 is 11.5 Å². The lowest BCUT2D eigenvalue weighted by atomic mass is 9.99. The van der Waals surface area contributed by atoms with Crippen LogP contribution < -0.4 is 5.32 Å². The number of esters is 1. The van der Waals surface area contributed by atoms with Crippen molar-refractivity contribution in [3.05, 3.63) is 0 Å². The Balaban J connectivity index is 2.60. The van der Waals surface area contributed by atoms with E-state index in [9.17, 15) is 9.59 Å². The summed E-state index contributed by atoms with van der Waals surface area (Å²) >= 11 is 0. The van der Waals surface area contributed by atoms with E-state index in [0.29, 0.717) is 6.42 Å². The first-order valence-electron chi connectivity index (χ1n) is 5.36. The van der Waals surface area contributed by atoms with Gasteiger partial charge < -0.3 is 10.1 Å². The van der Waals surface area contributed by atoms with Crippen molar-refractivity contribution in [2.24, 2.45) is 5.92 Å². The van der Waals surface area contributed by atoms with Crippen molar-refractivity contribution in [2.45, 2.75) is 39.2 Å². The zero-order valence-electron chi connectivity index (χ0n) is 9.63. The number of rotatable bonds is 1. The minimum Gasteiger partial charge on any atom is -0.459 e. The van der Waals surface area contributed by atoms with Gasteiger partial charge >= 0.3 is 5.97 Å². The first kappa shape index (κ1) is 12.2. The highest BCUT2D eigenvalue weighted by molar-refractivity contribution is 6.00. The van der Waals surface area contributed by atoms with Crippen molar-refractivity contribution in [1.82, 2.24) is 5.32 Å². The van der Waals surface area contributed by atoms with Crippen LogP contribution in [0.15, 0.2) is 0 Å². The van der Waals surface area contributed by atoms with E-state index >= 15 is 0 Å². The maximum absolute atomic E-state index is 11.7. The molecule has 1 unspecified atom stereocenters. The minimum absolute atomic E-state index is 0.0539. The van der Waals surface area contributed by atoms with Crippen LogP contribution in [0.4, 0.5) is 0 Å². The fraction of sp³-hybridized carbons (Fsp3) is 0.818. The first-order valence-corrected chi connectivity index (χ1v) is 5.36. The zero-order chi connectivity index (χ0) is 11.5. The number of hydrogen-bond acceptors (Lipinski definition) is 4. The van der Waals surface area contributed by atoms with Crippen LogP contribution >= 0.6 is 0 Å². The monoisotopic (exact) mass is 213 g/mol. The highest BCUT2D eigenvalue weighted by atomic mass is 16.6. The lowest BCUT2D eigenvalue weighted by molar-refractivity contribution is -0.162. The van der Waals surface area contributed by atoms with Gasteiger partial charge in [0.15, 0.2) is 5.78 Å². The maximum atomic E-state index is 11.7. The normalized spacial score (nSPS) is 23.4. The minimum atomic E-state index is -0.570. The molecule has 0 aromatic heterocycles. The summed E-state index contributed by atoms with van der Waals surface area (Å²) in [4.78, 5) is 23.3. The Morgan fingerprint density at radius 3 is 2.73 bits per heavy atom. The summed E-state index contributed by atoms with van der Waals surface area (Å²) in [6.07, 6.45) is 1.44. The fourth-order valence-electron chi connectivity index (χ4n) is 1.55. The summed E-state index contributed by atoms with van der Waals surface area (Å²) in [7, 11) is 0. The number of Topliss-reactive ketones (excluding diaryl/α,β-unsaturated/α-hetero) is 1. The molecule has 4 heteroatoms. The maximum Gasteiger partial charge on any atom is 0.317 e. The Kier molecular flexibility index (Phi) is 3.85. The van der Waals surface area contributed by atoms with E-state index in [4.69, 9.17) is 4.74 Å². The highest BCUT2D eigenvalue weighted by Gasteiger charge is 2.31. The molecule has 15 heavy (non-hydrogen) atoms. The summed E-state index contributed by atoms with van der Waals surface area (Å²) in [5.41, 5.74) is -0.517. The van der Waals surface area contributed by atoms with E-state index in [2.05, 4.69) is 5.32 Å². The third-order valence-electron chi connectivity index (χ3n) is 2.23. The molecule has 0 saturated carbocycles. The van der Waals surface area contributed by atoms with Crippen molar-refractivity contribution >= 4 is 11.8 Å². The van der Waals surface area contributed by atoms with E-state index in [1.54, 1.807) is 0 Å². The topological polar surface area (TPSA) is 55.4 Å². The quantitative estimate of drug-likeness (QED) is 0.519. The van der Waals surface area contributed by atoms with Crippen LogP contribution in [0, 0.1) is 5.92 Å². The largest absolute Gasteiger partial charge is 0.459 e. The fourth-order valence-corrected chi connectivity index (χ4v) is 1.55. The molecular weight excluding hydrogens is 194 g/mol. The third-order valence-corrected chi connectivity index (χ3v) is 2.23. The Morgan fingerprint density at radius 1 is 1.47 bits per heavy atom. The number of carbonyl (C=O) groups is 2. The molecule has 1 N–H and O–H groups in total. The summed E-state index contributed by atoms with van der Waals surface area (Å²) in [5, 5.41) is 2.99. The molecule has 1 fully saturated rings. The van der Waals surface area contributed by atoms with Gasteiger partial charge in [0.2, 0.25) is 0 Å². The lowest BCUT2D eigenvalue weighted by Crippen LogP contribution is -2.34. The van der Waals surface area contributed by atoms with Gasteiger partial charge in [0.05, 0.1) is 6.54 Å². The van der Waals surface area contributed by atoms with Gasteiger partial charge in [0.1, 0.15) is 11.5 Å². The summed E-state index contributed by atoms with van der Waals surface area (Å²) in [5.74, 6) is -1.00. The Labute approximate surface area is 90.4 Å². The molecule has 1 saturated heterocycles. The molecule has 86 valence electrons. The van der Waals surface area contributed by atoms with Gasteiger partial charge in [0.25, 0.3) is 0 Å². The Hall–Kier alpha value is -0.900. The molecule has 1 aliphatic heterocycles. The molecule has 0 radical (unpaired) electrons. The van der Waals surface area contributed by atoms with Crippen molar-refractivity contribution in [2.75, 3.05) is 13.1 Å². The van der Waals surface area contributed by atoms with Crippen LogP contribution in [0.3, 0.4) is 0 Å². The zero-order valence-corrected chi connectivity index (χ0v) is 9.63. The average molecular weight is 213 g/mol. The van der Waals surface area contributed by atoms with Crippen LogP contribution in [0.25, 0.3) is 0 Å². The molecule has 0 aromatic carbocycles. The van der Waals surface area contributed by atoms with Crippen LogP contribution in [-0.4, -0.2) is 30.4 Å². The van der Waals surface area contributed by atoms with E-state index in [0.717, 1.165) is 13.0 Å². The van der Waals surface area contributed by atoms with Gasteiger partial charge in [-0.05, 0) is 40.2 Å². The summed E-state index contributed by atoms with van der Waals surface area (Å²) in [6.45, 7) is 6.51.